The van der Waals surface area contributed by atoms with Crippen LogP contribution in [0.4, 0.5) is 11.4 Å². The van der Waals surface area contributed by atoms with Gasteiger partial charge in [0, 0.05) is 97.5 Å². The Bertz CT molecular complexity index is 3820. The van der Waals surface area contributed by atoms with Crippen LogP contribution in [0.3, 0.4) is 0 Å². The summed E-state index contributed by atoms with van der Waals surface area (Å²) in [4.78, 5) is 22.2. The fourth-order valence-corrected chi connectivity index (χ4v) is 13.9. The quantitative estimate of drug-likeness (QED) is 0.103. The van der Waals surface area contributed by atoms with E-state index in [1.807, 2.05) is 97.1 Å². The molecule has 13 rings (SSSR count). The summed E-state index contributed by atoms with van der Waals surface area (Å²) in [5, 5.41) is 40.7. The van der Waals surface area contributed by atoms with Crippen LogP contribution in [0.5, 0.6) is 5.75 Å². The molecule has 1 saturated heterocycles. The van der Waals surface area contributed by atoms with Gasteiger partial charge in [-0.05, 0) is 71.2 Å². The maximum atomic E-state index is 12.0. The van der Waals surface area contributed by atoms with Crippen molar-refractivity contribution in [1.29, 1.82) is 0 Å². The smallest absolute Gasteiger partial charge is 0.536 e. The van der Waals surface area contributed by atoms with Crippen LogP contribution in [-0.2, 0) is 4.74 Å². The minimum Gasteiger partial charge on any atom is -0.536 e. The summed E-state index contributed by atoms with van der Waals surface area (Å²) in [6, 6.07) is 51.6. The Labute approximate surface area is 407 Å². The van der Waals surface area contributed by atoms with E-state index >= 15 is 0 Å². The van der Waals surface area contributed by atoms with Crippen LogP contribution in [0.25, 0.3) is 91.8 Å². The van der Waals surface area contributed by atoms with Crippen LogP contribution in [-0.4, -0.2) is 35.8 Å². The molecular formula is C52H35BBrN2O7S4. The molecule has 0 unspecified atom stereocenters. The van der Waals surface area contributed by atoms with Crippen molar-refractivity contribution in [2.75, 3.05) is 13.2 Å². The molecule has 5 heterocycles. The number of ether oxygens (including phenoxy) is 1. The monoisotopic (exact) mass is 1020 g/mol. The van der Waals surface area contributed by atoms with E-state index in [2.05, 4.69) is 64.5 Å². The molecule has 1 fully saturated rings. The lowest BCUT2D eigenvalue weighted by molar-refractivity contribution is -0.385. The normalized spacial score (nSPS) is 12.3. The van der Waals surface area contributed by atoms with Gasteiger partial charge in [-0.25, -0.2) is 0 Å². The average Bonchev–Trinajstić information content (AvgIpc) is 4.21. The third kappa shape index (κ3) is 8.64. The Kier molecular flexibility index (Phi) is 13.0. The zero-order chi connectivity index (χ0) is 46.0. The minimum atomic E-state index is -0.367. The third-order valence-electron chi connectivity index (χ3n) is 11.4. The molecule has 1 aliphatic rings. The number of fused-ring (bicyclic) bond motifs is 12. The van der Waals surface area contributed by atoms with E-state index in [0.29, 0.717) is 10.2 Å². The van der Waals surface area contributed by atoms with Gasteiger partial charge >= 0.3 is 7.69 Å². The molecule has 15 heteroatoms. The van der Waals surface area contributed by atoms with Gasteiger partial charge < -0.3 is 14.4 Å². The molecule has 1 N–H and O–H groups in total. The molecule has 0 atom stereocenters. The first-order chi connectivity index (χ1) is 32.8. The first-order valence-electron chi connectivity index (χ1n) is 21.1. The first-order valence-corrected chi connectivity index (χ1v) is 25.2. The zero-order valence-electron chi connectivity index (χ0n) is 35.2. The number of nitro groups is 2. The SMILES string of the molecule is C1CCOC1.O=[N+]([O-])c1ccc2c(sc3ccccc32)c1-c1cccc2c1sc1ccccc12.O=[N+]([O-])c1ccc2c(sc3ccccc32)c1Br.O[B]Oc1cccc2c1sc1ccccc12. The third-order valence-corrected chi connectivity index (χ3v) is 17.3. The second-order valence-corrected chi connectivity index (χ2v) is 20.4. The van der Waals surface area contributed by atoms with Crippen LogP contribution in [0.1, 0.15) is 12.8 Å². The number of thiophene rings is 4. The number of rotatable bonds is 5. The van der Waals surface area contributed by atoms with E-state index in [4.69, 9.17) is 14.4 Å². The lowest BCUT2D eigenvalue weighted by Gasteiger charge is -2.07. The summed E-state index contributed by atoms with van der Waals surface area (Å²) in [5.74, 6) is 0.696. The van der Waals surface area contributed by atoms with Gasteiger partial charge in [0.15, 0.2) is 0 Å². The van der Waals surface area contributed by atoms with Crippen LogP contribution in [0, 0.1) is 20.2 Å². The number of halogens is 1. The Morgan fingerprint density at radius 2 is 0.910 bits per heavy atom. The maximum Gasteiger partial charge on any atom is 0.569 e. The predicted octanol–water partition coefficient (Wildman–Crippen LogP) is 16.5. The van der Waals surface area contributed by atoms with Crippen molar-refractivity contribution in [3.8, 4) is 16.9 Å². The molecule has 0 aliphatic carbocycles. The van der Waals surface area contributed by atoms with Crippen molar-refractivity contribution in [2.24, 2.45) is 0 Å². The topological polar surface area (TPSA) is 125 Å². The number of hydrogen-bond donors (Lipinski definition) is 1. The van der Waals surface area contributed by atoms with Crippen LogP contribution in [0.15, 0.2) is 162 Å². The van der Waals surface area contributed by atoms with E-state index in [-0.39, 0.29) is 21.2 Å². The lowest BCUT2D eigenvalue weighted by atomic mass is 9.99. The van der Waals surface area contributed by atoms with Gasteiger partial charge in [-0.1, -0.05) is 103 Å². The van der Waals surface area contributed by atoms with Crippen LogP contribution >= 0.6 is 61.3 Å². The fourth-order valence-electron chi connectivity index (χ4n) is 8.40. The molecule has 1 radical (unpaired) electrons. The summed E-state index contributed by atoms with van der Waals surface area (Å²) < 4.78 is 19.4. The number of hydrogen-bond acceptors (Lipinski definition) is 11. The van der Waals surface area contributed by atoms with Crippen molar-refractivity contribution in [3.63, 3.8) is 0 Å². The highest BCUT2D eigenvalue weighted by Crippen LogP contribution is 2.49. The van der Waals surface area contributed by atoms with Crippen molar-refractivity contribution in [2.45, 2.75) is 12.8 Å². The Hall–Kier alpha value is -6.30. The molecule has 67 heavy (non-hydrogen) atoms. The minimum absolute atomic E-state index is 0.115. The van der Waals surface area contributed by atoms with Gasteiger partial charge in [0.2, 0.25) is 0 Å². The number of nitro benzene ring substituents is 2. The van der Waals surface area contributed by atoms with Gasteiger partial charge in [-0.2, -0.15) is 0 Å². The summed E-state index contributed by atoms with van der Waals surface area (Å²) >= 11 is 9.90. The molecule has 329 valence electrons. The second kappa shape index (κ2) is 19.5. The summed E-state index contributed by atoms with van der Waals surface area (Å²) in [6.07, 6.45) is 2.56. The predicted molar refractivity (Wildman–Crippen MR) is 286 cm³/mol. The molecule has 4 aromatic heterocycles. The van der Waals surface area contributed by atoms with Crippen molar-refractivity contribution < 1.29 is 24.3 Å². The van der Waals surface area contributed by atoms with Gasteiger partial charge in [0.05, 0.1) is 29.5 Å². The van der Waals surface area contributed by atoms with Gasteiger partial charge in [0.1, 0.15) is 10.2 Å². The largest absolute Gasteiger partial charge is 0.569 e. The van der Waals surface area contributed by atoms with Gasteiger partial charge in [-0.15, -0.1) is 45.3 Å². The Morgan fingerprint density at radius 3 is 1.42 bits per heavy atom. The van der Waals surface area contributed by atoms with E-state index in [0.717, 1.165) is 87.2 Å². The lowest BCUT2D eigenvalue weighted by Crippen LogP contribution is -1.99. The zero-order valence-corrected chi connectivity index (χ0v) is 40.1. The summed E-state index contributed by atoms with van der Waals surface area (Å²) in [6.45, 7) is 2.00. The van der Waals surface area contributed by atoms with E-state index < -0.39 is 0 Å². The number of benzene rings is 8. The first kappa shape index (κ1) is 44.5. The average molecular weight is 1020 g/mol. The van der Waals surface area contributed by atoms with Crippen LogP contribution in [0.2, 0.25) is 0 Å². The molecule has 0 amide bonds. The standard InChI is InChI=1S/C24H13NO2S2.C12H8BO2S.C12H6BrNO2S.C4H8O/c26-25(27)19-13-12-17-15-7-2-4-11-21(15)29-24(17)22(19)18-9-5-8-16-14-6-1-3-10-20(14)28-23(16)18;14-13-15-10-6-3-5-9-8-4-1-2-7-11(8)16-12(9)10;13-11-9(14(15)16)6-5-8-7-3-1-2-4-10(7)17-12(8)11;1-2-4-5-3-1/h1-13H;1-7,14H;1-6H;1-4H2. The van der Waals surface area contributed by atoms with Crippen molar-refractivity contribution >= 4 is 161 Å². The molecule has 9 nitrogen and oxygen atoms in total. The highest BCUT2D eigenvalue weighted by molar-refractivity contribution is 9.10. The molecule has 1 aliphatic heterocycles. The van der Waals surface area contributed by atoms with Gasteiger partial charge in [-0.3, -0.25) is 20.2 Å². The molecule has 0 bridgehead atoms. The summed E-state index contributed by atoms with van der Waals surface area (Å²) in [7, 11) is 0.721. The highest BCUT2D eigenvalue weighted by Gasteiger charge is 2.24. The van der Waals surface area contributed by atoms with E-state index in [1.54, 1.807) is 57.5 Å². The Balaban J connectivity index is 0.000000118. The van der Waals surface area contributed by atoms with Gasteiger partial charge in [0.25, 0.3) is 11.4 Å². The molecule has 12 aromatic rings. The molecule has 0 spiro atoms. The second-order valence-electron chi connectivity index (χ2n) is 15.4. The summed E-state index contributed by atoms with van der Waals surface area (Å²) in [5.41, 5.74) is 1.94. The van der Waals surface area contributed by atoms with Crippen molar-refractivity contribution in [3.05, 3.63) is 182 Å². The van der Waals surface area contributed by atoms with E-state index in [9.17, 15) is 20.2 Å². The maximum absolute atomic E-state index is 12.0. The molecular weight excluding hydrogens is 984 g/mol. The highest BCUT2D eigenvalue weighted by atomic mass is 79.9. The van der Waals surface area contributed by atoms with Crippen molar-refractivity contribution in [1.82, 2.24) is 0 Å². The van der Waals surface area contributed by atoms with E-state index in [1.165, 1.54) is 38.4 Å². The number of nitrogens with zero attached hydrogens (tertiary/aromatic N) is 2. The van der Waals surface area contributed by atoms with Crippen LogP contribution < -0.4 is 4.65 Å². The fraction of sp³-hybridized carbons (Fsp3) is 0.0769. The molecule has 0 saturated carbocycles. The molecule has 8 aromatic carbocycles. The Morgan fingerprint density at radius 1 is 0.493 bits per heavy atom.